The van der Waals surface area contributed by atoms with Crippen LogP contribution in [0.1, 0.15) is 16.2 Å². The number of nitrogens with zero attached hydrogens (tertiary/aromatic N) is 1. The van der Waals surface area contributed by atoms with Crippen molar-refractivity contribution >= 4 is 5.91 Å². The molecule has 1 fully saturated rings. The number of aryl methyl sites for hydroxylation is 1. The summed E-state index contributed by atoms with van der Waals surface area (Å²) in [6.45, 7) is 3.23. The van der Waals surface area contributed by atoms with E-state index in [0.717, 1.165) is 6.54 Å². The highest BCUT2D eigenvalue weighted by Gasteiger charge is 2.29. The van der Waals surface area contributed by atoms with E-state index in [1.165, 1.54) is 0 Å². The Hall–Kier alpha value is -1.40. The van der Waals surface area contributed by atoms with Crippen LogP contribution in [0, 0.1) is 6.92 Å². The second-order valence-electron chi connectivity index (χ2n) is 3.84. The van der Waals surface area contributed by atoms with Crippen LogP contribution in [0.15, 0.2) is 10.6 Å². The second-order valence-corrected chi connectivity index (χ2v) is 3.84. The molecule has 0 unspecified atom stereocenters. The van der Waals surface area contributed by atoms with Gasteiger partial charge in [-0.05, 0) is 6.92 Å². The van der Waals surface area contributed by atoms with Crippen molar-refractivity contribution in [1.29, 1.82) is 0 Å². The number of ether oxygens (including phenoxy) is 1. The van der Waals surface area contributed by atoms with Crippen LogP contribution in [0.5, 0.6) is 0 Å². The fourth-order valence-corrected chi connectivity index (χ4v) is 1.76. The molecule has 2 N–H and O–H groups in total. The van der Waals surface area contributed by atoms with E-state index < -0.39 is 0 Å². The lowest BCUT2D eigenvalue weighted by Gasteiger charge is -2.17. The van der Waals surface area contributed by atoms with Crippen LogP contribution < -0.4 is 10.6 Å². The second kappa shape index (κ2) is 4.63. The number of rotatable bonds is 3. The molecule has 1 amide bonds. The summed E-state index contributed by atoms with van der Waals surface area (Å²) in [5, 5.41) is 9.67. The molecular weight excluding hydrogens is 210 g/mol. The summed E-state index contributed by atoms with van der Waals surface area (Å²) in [5.41, 5.74) is 0.693. The van der Waals surface area contributed by atoms with Gasteiger partial charge in [-0.1, -0.05) is 5.16 Å². The molecule has 6 nitrogen and oxygen atoms in total. The lowest BCUT2D eigenvalue weighted by molar-refractivity contribution is 0.0754. The largest absolute Gasteiger partial charge is 0.378 e. The number of aromatic nitrogens is 1. The van der Waals surface area contributed by atoms with Crippen LogP contribution in [-0.2, 0) is 4.74 Å². The molecule has 2 heterocycles. The summed E-state index contributed by atoms with van der Waals surface area (Å²) >= 11 is 0. The molecule has 2 atom stereocenters. The molecule has 88 valence electrons. The molecule has 16 heavy (non-hydrogen) atoms. The Balaban J connectivity index is 1.97. The highest BCUT2D eigenvalue weighted by Crippen LogP contribution is 2.07. The summed E-state index contributed by atoms with van der Waals surface area (Å²) in [6.07, 6.45) is 0.00738. The molecule has 2 rings (SSSR count). The van der Waals surface area contributed by atoms with Gasteiger partial charge in [0.15, 0.2) is 0 Å². The Bertz CT molecular complexity index is 377. The molecule has 0 saturated carbocycles. The fourth-order valence-electron chi connectivity index (χ4n) is 1.76. The summed E-state index contributed by atoms with van der Waals surface area (Å²) in [7, 11) is 1.63. The van der Waals surface area contributed by atoms with Crippen LogP contribution in [0.25, 0.3) is 0 Å². The van der Waals surface area contributed by atoms with Crippen molar-refractivity contribution < 1.29 is 14.1 Å². The average Bonchev–Trinajstić information content (AvgIpc) is 2.86. The minimum Gasteiger partial charge on any atom is -0.378 e. The van der Waals surface area contributed by atoms with Crippen LogP contribution in [0.3, 0.4) is 0 Å². The molecule has 1 aliphatic rings. The molecule has 1 saturated heterocycles. The number of methoxy groups -OCH3 is 1. The van der Waals surface area contributed by atoms with E-state index in [4.69, 9.17) is 9.26 Å². The molecule has 1 aromatic heterocycles. The first-order valence-electron chi connectivity index (χ1n) is 5.18. The van der Waals surface area contributed by atoms with Crippen LogP contribution in [0.2, 0.25) is 0 Å². The van der Waals surface area contributed by atoms with Crippen molar-refractivity contribution in [2.75, 3.05) is 20.2 Å². The fraction of sp³-hybridized carbons (Fsp3) is 0.600. The minimum absolute atomic E-state index is 0.00738. The Morgan fingerprint density at radius 2 is 2.50 bits per heavy atom. The van der Waals surface area contributed by atoms with E-state index in [1.54, 1.807) is 20.1 Å². The number of hydrogen-bond donors (Lipinski definition) is 2. The van der Waals surface area contributed by atoms with E-state index in [0.29, 0.717) is 12.2 Å². The molecule has 1 aromatic rings. The summed E-state index contributed by atoms with van der Waals surface area (Å²) in [6, 6.07) is 1.59. The Morgan fingerprint density at radius 1 is 1.69 bits per heavy atom. The smallest absolute Gasteiger partial charge is 0.290 e. The third-order valence-electron chi connectivity index (χ3n) is 2.63. The van der Waals surface area contributed by atoms with E-state index >= 15 is 0 Å². The highest BCUT2D eigenvalue weighted by atomic mass is 16.5. The zero-order chi connectivity index (χ0) is 11.5. The zero-order valence-electron chi connectivity index (χ0n) is 9.32. The number of carbonyl (C=O) groups excluding carboxylic acids is 1. The van der Waals surface area contributed by atoms with E-state index in [-0.39, 0.29) is 23.8 Å². The summed E-state index contributed by atoms with van der Waals surface area (Å²) in [5.74, 6) is -0.0180. The lowest BCUT2D eigenvalue weighted by atomic mass is 10.2. The normalized spacial score (nSPS) is 24.6. The van der Waals surface area contributed by atoms with Gasteiger partial charge in [-0.2, -0.15) is 0 Å². The number of amides is 1. The highest BCUT2D eigenvalue weighted by molar-refractivity contribution is 5.91. The average molecular weight is 225 g/mol. The predicted molar refractivity (Wildman–Crippen MR) is 56.2 cm³/mol. The first kappa shape index (κ1) is 11.1. The van der Waals surface area contributed by atoms with Gasteiger partial charge in [-0.3, -0.25) is 4.79 Å². The maximum atomic E-state index is 11.7. The van der Waals surface area contributed by atoms with Crippen LogP contribution in [0.4, 0.5) is 0 Å². The lowest BCUT2D eigenvalue weighted by Crippen LogP contribution is -2.43. The first-order valence-corrected chi connectivity index (χ1v) is 5.18. The first-order chi connectivity index (χ1) is 7.70. The topological polar surface area (TPSA) is 76.4 Å². The Kier molecular flexibility index (Phi) is 3.21. The third kappa shape index (κ3) is 2.23. The van der Waals surface area contributed by atoms with Gasteiger partial charge >= 0.3 is 0 Å². The molecule has 0 spiro atoms. The molecule has 0 aliphatic carbocycles. The van der Waals surface area contributed by atoms with Crippen molar-refractivity contribution in [2.24, 2.45) is 0 Å². The Labute approximate surface area is 93.3 Å². The van der Waals surface area contributed by atoms with Gasteiger partial charge in [0.05, 0.1) is 17.8 Å². The van der Waals surface area contributed by atoms with Crippen LogP contribution in [-0.4, -0.2) is 43.4 Å². The minimum atomic E-state index is -0.253. The Morgan fingerprint density at radius 3 is 3.12 bits per heavy atom. The van der Waals surface area contributed by atoms with E-state index in [9.17, 15) is 4.79 Å². The van der Waals surface area contributed by atoms with Crippen molar-refractivity contribution in [1.82, 2.24) is 15.8 Å². The zero-order valence-corrected chi connectivity index (χ0v) is 9.32. The van der Waals surface area contributed by atoms with Crippen molar-refractivity contribution in [2.45, 2.75) is 19.1 Å². The quantitative estimate of drug-likeness (QED) is 0.738. The molecule has 0 radical (unpaired) electrons. The van der Waals surface area contributed by atoms with Gasteiger partial charge in [0, 0.05) is 26.3 Å². The summed E-state index contributed by atoms with van der Waals surface area (Å²) < 4.78 is 10.1. The SMILES string of the molecule is CO[C@H]1CNC[C@@H]1NC(=O)c1cc(C)no1. The summed E-state index contributed by atoms with van der Waals surface area (Å²) in [4.78, 5) is 11.7. The number of carbonyl (C=O) groups is 1. The number of nitrogens with one attached hydrogen (secondary N) is 2. The standard InChI is InChI=1S/C10H15N3O3/c1-6-3-8(16-13-6)10(14)12-7-4-11-5-9(7)15-2/h3,7,9,11H,4-5H2,1-2H3,(H,12,14)/t7-,9-/m0/s1. The van der Waals surface area contributed by atoms with Gasteiger partial charge < -0.3 is 19.9 Å². The molecule has 1 aliphatic heterocycles. The maximum Gasteiger partial charge on any atom is 0.290 e. The van der Waals surface area contributed by atoms with Crippen molar-refractivity contribution in [3.63, 3.8) is 0 Å². The third-order valence-corrected chi connectivity index (χ3v) is 2.63. The van der Waals surface area contributed by atoms with Gasteiger partial charge in [0.25, 0.3) is 5.91 Å². The van der Waals surface area contributed by atoms with Crippen LogP contribution >= 0.6 is 0 Å². The monoisotopic (exact) mass is 225 g/mol. The van der Waals surface area contributed by atoms with Crippen molar-refractivity contribution in [3.8, 4) is 0 Å². The van der Waals surface area contributed by atoms with Gasteiger partial charge in [-0.15, -0.1) is 0 Å². The molecule has 6 heteroatoms. The molecule has 0 bridgehead atoms. The van der Waals surface area contributed by atoms with Gasteiger partial charge in [-0.25, -0.2) is 0 Å². The molecule has 0 aromatic carbocycles. The van der Waals surface area contributed by atoms with E-state index in [1.807, 2.05) is 0 Å². The van der Waals surface area contributed by atoms with Gasteiger partial charge in [0.2, 0.25) is 5.76 Å². The maximum absolute atomic E-state index is 11.7. The molecular formula is C10H15N3O3. The van der Waals surface area contributed by atoms with Crippen molar-refractivity contribution in [3.05, 3.63) is 17.5 Å². The number of hydrogen-bond acceptors (Lipinski definition) is 5. The van der Waals surface area contributed by atoms with E-state index in [2.05, 4.69) is 15.8 Å². The van der Waals surface area contributed by atoms with Gasteiger partial charge in [0.1, 0.15) is 0 Å². The predicted octanol–water partition coefficient (Wildman–Crippen LogP) is -0.300.